The molecule has 0 aromatic rings. The van der Waals surface area contributed by atoms with Crippen molar-refractivity contribution in [2.45, 2.75) is 37.8 Å². The summed E-state index contributed by atoms with van der Waals surface area (Å²) < 4.78 is 13.9. The SMILES string of the molecule is FC12CC3C[C@@H]([CH][C@@H](C3)C1)C2. The molecule has 0 aliphatic heterocycles. The third-order valence-corrected chi connectivity index (χ3v) is 3.73. The zero-order valence-corrected chi connectivity index (χ0v) is 6.72. The van der Waals surface area contributed by atoms with E-state index < -0.39 is 5.67 Å². The second-order valence-corrected chi connectivity index (χ2v) is 4.81. The molecule has 61 valence electrons. The minimum Gasteiger partial charge on any atom is -0.244 e. The van der Waals surface area contributed by atoms with E-state index in [1.165, 1.54) is 12.8 Å². The minimum absolute atomic E-state index is 0.645. The van der Waals surface area contributed by atoms with Crippen molar-refractivity contribution in [2.24, 2.45) is 17.8 Å². The lowest BCUT2D eigenvalue weighted by molar-refractivity contribution is -0.0439. The number of hydrogen-bond acceptors (Lipinski definition) is 0. The average molecular weight is 153 g/mol. The third kappa shape index (κ3) is 0.861. The lowest BCUT2D eigenvalue weighted by Gasteiger charge is -2.52. The van der Waals surface area contributed by atoms with Gasteiger partial charge in [0.05, 0.1) is 0 Å². The van der Waals surface area contributed by atoms with Crippen LogP contribution in [0.15, 0.2) is 0 Å². The maximum Gasteiger partial charge on any atom is 0.111 e. The van der Waals surface area contributed by atoms with Crippen LogP contribution in [-0.4, -0.2) is 5.67 Å². The molecule has 0 heterocycles. The van der Waals surface area contributed by atoms with Crippen molar-refractivity contribution in [3.63, 3.8) is 0 Å². The third-order valence-electron chi connectivity index (χ3n) is 3.73. The lowest BCUT2D eigenvalue weighted by atomic mass is 9.55. The van der Waals surface area contributed by atoms with E-state index in [1.807, 2.05) is 0 Å². The standard InChI is InChI=1S/C10H14F/c11-10-4-7-1-8(5-10)3-9(2-7)6-10/h1,7-9H,2-6H2/t7-,8+,9?,10?. The normalized spacial score (nSPS) is 60.3. The zero-order valence-electron chi connectivity index (χ0n) is 6.72. The summed E-state index contributed by atoms with van der Waals surface area (Å²) in [7, 11) is 0. The summed E-state index contributed by atoms with van der Waals surface area (Å²) in [6.45, 7) is 0. The molecule has 4 atom stereocenters. The fourth-order valence-corrected chi connectivity index (χ4v) is 3.67. The first-order chi connectivity index (χ1) is 5.23. The summed E-state index contributed by atoms with van der Waals surface area (Å²) in [4.78, 5) is 0. The van der Waals surface area contributed by atoms with E-state index in [0.717, 1.165) is 25.2 Å². The van der Waals surface area contributed by atoms with Gasteiger partial charge in [0.25, 0.3) is 0 Å². The van der Waals surface area contributed by atoms with Gasteiger partial charge in [0.15, 0.2) is 0 Å². The Bertz CT molecular complexity index is 150. The summed E-state index contributed by atoms with van der Waals surface area (Å²) in [5.41, 5.74) is -0.731. The monoisotopic (exact) mass is 153 g/mol. The predicted octanol–water partition coefficient (Wildman–Crippen LogP) is 2.74. The molecule has 4 aliphatic carbocycles. The van der Waals surface area contributed by atoms with Crippen LogP contribution in [0.2, 0.25) is 0 Å². The lowest BCUT2D eigenvalue weighted by Crippen LogP contribution is -2.48. The molecule has 4 saturated carbocycles. The highest BCUT2D eigenvalue weighted by Gasteiger charge is 2.51. The van der Waals surface area contributed by atoms with E-state index in [4.69, 9.17) is 0 Å². The maximum atomic E-state index is 13.9. The first-order valence-electron chi connectivity index (χ1n) is 4.77. The predicted molar refractivity (Wildman–Crippen MR) is 41.7 cm³/mol. The molecule has 4 aliphatic rings. The van der Waals surface area contributed by atoms with E-state index in [9.17, 15) is 4.39 Å². The highest BCUT2D eigenvalue weighted by molar-refractivity contribution is 5.09. The number of halogens is 1. The van der Waals surface area contributed by atoms with Crippen LogP contribution in [0.5, 0.6) is 0 Å². The van der Waals surface area contributed by atoms with Gasteiger partial charge in [0, 0.05) is 0 Å². The molecule has 0 spiro atoms. The van der Waals surface area contributed by atoms with Crippen LogP contribution in [-0.2, 0) is 0 Å². The summed E-state index contributed by atoms with van der Waals surface area (Å²) in [5, 5.41) is 0. The Morgan fingerprint density at radius 2 is 1.73 bits per heavy atom. The fraction of sp³-hybridized carbons (Fsp3) is 0.900. The van der Waals surface area contributed by atoms with Gasteiger partial charge in [-0.25, -0.2) is 4.39 Å². The van der Waals surface area contributed by atoms with Crippen LogP contribution >= 0.6 is 0 Å². The molecule has 0 N–H and O–H groups in total. The Kier molecular flexibility index (Phi) is 1.06. The van der Waals surface area contributed by atoms with Gasteiger partial charge in [-0.05, 0) is 56.3 Å². The Hall–Kier alpha value is -0.0700. The van der Waals surface area contributed by atoms with Crippen molar-refractivity contribution in [1.29, 1.82) is 0 Å². The van der Waals surface area contributed by atoms with E-state index in [2.05, 4.69) is 6.42 Å². The molecular weight excluding hydrogens is 139 g/mol. The summed E-state index contributed by atoms with van der Waals surface area (Å²) in [6, 6.07) is 0. The largest absolute Gasteiger partial charge is 0.244 e. The minimum atomic E-state index is -0.731. The quantitative estimate of drug-likeness (QED) is 0.502. The van der Waals surface area contributed by atoms with Crippen molar-refractivity contribution in [1.82, 2.24) is 0 Å². The first-order valence-corrected chi connectivity index (χ1v) is 4.77. The van der Waals surface area contributed by atoms with Crippen molar-refractivity contribution in [3.8, 4) is 0 Å². The molecule has 0 aromatic carbocycles. The van der Waals surface area contributed by atoms with Crippen molar-refractivity contribution >= 4 is 0 Å². The van der Waals surface area contributed by atoms with Gasteiger partial charge in [-0.2, -0.15) is 0 Å². The number of hydrogen-bond donors (Lipinski definition) is 0. The van der Waals surface area contributed by atoms with Gasteiger partial charge < -0.3 is 0 Å². The second kappa shape index (κ2) is 1.81. The average Bonchev–Trinajstić information content (AvgIpc) is 1.79. The first kappa shape index (κ1) is 6.45. The highest BCUT2D eigenvalue weighted by atomic mass is 19.1. The molecular formula is C10H14F. The van der Waals surface area contributed by atoms with Crippen LogP contribution in [0.3, 0.4) is 0 Å². The van der Waals surface area contributed by atoms with Gasteiger partial charge in [0.1, 0.15) is 5.67 Å². The summed E-state index contributed by atoms with van der Waals surface area (Å²) in [6.07, 6.45) is 7.59. The Morgan fingerprint density at radius 3 is 2.18 bits per heavy atom. The van der Waals surface area contributed by atoms with Crippen molar-refractivity contribution in [3.05, 3.63) is 6.42 Å². The van der Waals surface area contributed by atoms with Gasteiger partial charge in [0.2, 0.25) is 0 Å². The van der Waals surface area contributed by atoms with Gasteiger partial charge in [-0.15, -0.1) is 0 Å². The van der Waals surface area contributed by atoms with E-state index in [1.54, 1.807) is 0 Å². The highest BCUT2D eigenvalue weighted by Crippen LogP contribution is 2.56. The number of rotatable bonds is 0. The topological polar surface area (TPSA) is 0 Å². The van der Waals surface area contributed by atoms with Gasteiger partial charge in [-0.1, -0.05) is 0 Å². The molecule has 0 aromatic heterocycles. The molecule has 11 heavy (non-hydrogen) atoms. The van der Waals surface area contributed by atoms with Crippen LogP contribution in [0.4, 0.5) is 4.39 Å². The van der Waals surface area contributed by atoms with Gasteiger partial charge in [-0.3, -0.25) is 0 Å². The molecule has 0 saturated heterocycles. The molecule has 1 radical (unpaired) electrons. The molecule has 0 nitrogen and oxygen atoms in total. The van der Waals surface area contributed by atoms with Gasteiger partial charge >= 0.3 is 0 Å². The Morgan fingerprint density at radius 1 is 1.09 bits per heavy atom. The van der Waals surface area contributed by atoms with Crippen LogP contribution in [0.1, 0.15) is 32.1 Å². The van der Waals surface area contributed by atoms with E-state index >= 15 is 0 Å². The zero-order chi connectivity index (χ0) is 7.47. The van der Waals surface area contributed by atoms with Crippen LogP contribution in [0.25, 0.3) is 0 Å². The maximum absolute atomic E-state index is 13.9. The molecule has 4 bridgehead atoms. The molecule has 1 heteroatoms. The van der Waals surface area contributed by atoms with Crippen LogP contribution in [0, 0.1) is 24.2 Å². The Balaban J connectivity index is 1.94. The summed E-state index contributed by atoms with van der Waals surface area (Å²) >= 11 is 0. The second-order valence-electron chi connectivity index (χ2n) is 4.81. The van der Waals surface area contributed by atoms with Crippen molar-refractivity contribution in [2.75, 3.05) is 0 Å². The van der Waals surface area contributed by atoms with E-state index in [-0.39, 0.29) is 0 Å². The molecule has 4 rings (SSSR count). The summed E-state index contributed by atoms with van der Waals surface area (Å²) in [5.74, 6) is 2.03. The number of alkyl halides is 1. The smallest absolute Gasteiger partial charge is 0.111 e. The molecule has 4 fully saturated rings. The molecule has 0 amide bonds. The van der Waals surface area contributed by atoms with Crippen LogP contribution < -0.4 is 0 Å². The van der Waals surface area contributed by atoms with E-state index in [0.29, 0.717) is 11.8 Å². The van der Waals surface area contributed by atoms with Crippen molar-refractivity contribution < 1.29 is 4.39 Å². The Labute approximate surface area is 67.2 Å². The molecule has 2 unspecified atom stereocenters. The fourth-order valence-electron chi connectivity index (χ4n) is 3.67.